The van der Waals surface area contributed by atoms with E-state index in [1.165, 1.54) is 0 Å². The van der Waals surface area contributed by atoms with Crippen LogP contribution in [0.15, 0.2) is 46.9 Å². The number of anilines is 2. The lowest BCUT2D eigenvalue weighted by Crippen LogP contribution is -2.12. The van der Waals surface area contributed by atoms with Gasteiger partial charge in [0.15, 0.2) is 6.61 Å². The first kappa shape index (κ1) is 14.9. The van der Waals surface area contributed by atoms with Gasteiger partial charge < -0.3 is 15.8 Å². The van der Waals surface area contributed by atoms with Crippen LogP contribution in [-0.4, -0.2) is 12.5 Å². The second kappa shape index (κ2) is 6.77. The highest BCUT2D eigenvalue weighted by molar-refractivity contribution is 9.10. The number of nitrogens with two attached hydrogens (primary N) is 1. The molecular formula is C15H12BrN3O2. The summed E-state index contributed by atoms with van der Waals surface area (Å²) in [4.78, 5) is 12.1. The molecule has 0 aliphatic heterocycles. The maximum absolute atomic E-state index is 12.1. The highest BCUT2D eigenvalue weighted by Crippen LogP contribution is 2.21. The maximum Gasteiger partial charge on any atom is 0.255 e. The van der Waals surface area contributed by atoms with Crippen molar-refractivity contribution in [3.8, 4) is 11.8 Å². The van der Waals surface area contributed by atoms with Gasteiger partial charge in [-0.3, -0.25) is 4.79 Å². The number of nitrogens with zero attached hydrogens (tertiary/aromatic N) is 1. The van der Waals surface area contributed by atoms with Crippen LogP contribution < -0.4 is 15.8 Å². The second-order valence-corrected chi connectivity index (χ2v) is 5.02. The van der Waals surface area contributed by atoms with Crippen molar-refractivity contribution in [2.24, 2.45) is 0 Å². The molecule has 0 radical (unpaired) electrons. The molecule has 0 aromatic heterocycles. The Bertz CT molecular complexity index is 693. The van der Waals surface area contributed by atoms with Crippen LogP contribution in [0.5, 0.6) is 5.75 Å². The van der Waals surface area contributed by atoms with Gasteiger partial charge in [-0.05, 0) is 58.4 Å². The molecule has 6 heteroatoms. The third kappa shape index (κ3) is 3.97. The summed E-state index contributed by atoms with van der Waals surface area (Å²) in [7, 11) is 0. The Hall–Kier alpha value is -2.52. The summed E-state index contributed by atoms with van der Waals surface area (Å²) in [5.41, 5.74) is 7.39. The molecule has 2 aromatic rings. The molecule has 5 nitrogen and oxygen atoms in total. The first-order valence-corrected chi connectivity index (χ1v) is 6.85. The summed E-state index contributed by atoms with van der Waals surface area (Å²) in [5, 5.41) is 11.2. The molecule has 2 aromatic carbocycles. The van der Waals surface area contributed by atoms with Gasteiger partial charge in [0.1, 0.15) is 11.8 Å². The highest BCUT2D eigenvalue weighted by Gasteiger charge is 2.08. The van der Waals surface area contributed by atoms with Crippen LogP contribution in [0.3, 0.4) is 0 Å². The van der Waals surface area contributed by atoms with Crippen LogP contribution in [0.4, 0.5) is 11.4 Å². The Morgan fingerprint density at radius 1 is 1.29 bits per heavy atom. The van der Waals surface area contributed by atoms with Crippen LogP contribution in [0.2, 0.25) is 0 Å². The average Bonchev–Trinajstić information content (AvgIpc) is 2.49. The van der Waals surface area contributed by atoms with Gasteiger partial charge in [0, 0.05) is 21.4 Å². The van der Waals surface area contributed by atoms with E-state index in [2.05, 4.69) is 21.2 Å². The number of carbonyl (C=O) groups excluding carboxylic acids is 1. The molecule has 3 N–H and O–H groups in total. The van der Waals surface area contributed by atoms with E-state index in [1.54, 1.807) is 42.5 Å². The number of amides is 1. The molecule has 0 spiro atoms. The van der Waals surface area contributed by atoms with Gasteiger partial charge in [0.25, 0.3) is 5.91 Å². The predicted octanol–water partition coefficient (Wildman–Crippen LogP) is 3.19. The van der Waals surface area contributed by atoms with Crippen molar-refractivity contribution < 1.29 is 9.53 Å². The average molecular weight is 346 g/mol. The zero-order valence-corrected chi connectivity index (χ0v) is 12.6. The lowest BCUT2D eigenvalue weighted by atomic mass is 10.2. The smallest absolute Gasteiger partial charge is 0.255 e. The molecule has 0 fully saturated rings. The van der Waals surface area contributed by atoms with E-state index >= 15 is 0 Å². The fraction of sp³-hybridized carbons (Fsp3) is 0.0667. The van der Waals surface area contributed by atoms with E-state index in [0.717, 1.165) is 0 Å². The minimum atomic E-state index is -0.235. The first-order chi connectivity index (χ1) is 10.1. The van der Waals surface area contributed by atoms with Crippen molar-refractivity contribution in [3.05, 3.63) is 52.5 Å². The minimum Gasteiger partial charge on any atom is -0.479 e. The number of carbonyl (C=O) groups is 1. The van der Waals surface area contributed by atoms with Gasteiger partial charge in [-0.2, -0.15) is 5.26 Å². The highest BCUT2D eigenvalue weighted by atomic mass is 79.9. The molecule has 1 amide bonds. The van der Waals surface area contributed by atoms with Crippen molar-refractivity contribution in [1.82, 2.24) is 0 Å². The number of hydrogen-bond donors (Lipinski definition) is 2. The van der Waals surface area contributed by atoms with Gasteiger partial charge in [0.05, 0.1) is 0 Å². The second-order valence-electron chi connectivity index (χ2n) is 4.16. The Morgan fingerprint density at radius 3 is 2.62 bits per heavy atom. The number of nitriles is 1. The molecule has 0 saturated carbocycles. The Balaban J connectivity index is 2.05. The molecule has 0 heterocycles. The van der Waals surface area contributed by atoms with Gasteiger partial charge in [-0.15, -0.1) is 0 Å². The monoisotopic (exact) mass is 345 g/mol. The summed E-state index contributed by atoms with van der Waals surface area (Å²) in [6.45, 7) is -0.00876. The third-order valence-corrected chi connectivity index (χ3v) is 3.36. The van der Waals surface area contributed by atoms with E-state index in [9.17, 15) is 4.79 Å². The summed E-state index contributed by atoms with van der Waals surface area (Å²) in [6, 6.07) is 13.6. The molecule has 2 rings (SSSR count). The summed E-state index contributed by atoms with van der Waals surface area (Å²) in [6.07, 6.45) is 0. The normalized spacial score (nSPS) is 9.71. The number of nitrogen functional groups attached to an aromatic ring is 1. The zero-order valence-electron chi connectivity index (χ0n) is 11.0. The number of nitrogens with one attached hydrogen (secondary N) is 1. The Morgan fingerprint density at radius 2 is 2.00 bits per heavy atom. The standard InChI is InChI=1S/C15H12BrN3O2/c16-13-9-10(1-6-14(13)18)15(20)19-11-2-4-12(5-3-11)21-8-7-17/h1-6,9H,8,18H2,(H,19,20). The van der Waals surface area contributed by atoms with Crippen molar-refractivity contribution >= 4 is 33.2 Å². The molecule has 0 atom stereocenters. The van der Waals surface area contributed by atoms with Gasteiger partial charge in [0.2, 0.25) is 0 Å². The number of halogens is 1. The number of hydrogen-bond acceptors (Lipinski definition) is 4. The fourth-order valence-corrected chi connectivity index (χ4v) is 2.00. The van der Waals surface area contributed by atoms with Crippen molar-refractivity contribution in [1.29, 1.82) is 5.26 Å². The summed E-state index contributed by atoms with van der Waals surface area (Å²) in [5.74, 6) is 0.339. The molecule has 0 saturated heterocycles. The molecule has 0 bridgehead atoms. The maximum atomic E-state index is 12.1. The van der Waals surface area contributed by atoms with Crippen LogP contribution in [-0.2, 0) is 0 Å². The molecular weight excluding hydrogens is 334 g/mol. The molecule has 0 aliphatic carbocycles. The largest absolute Gasteiger partial charge is 0.479 e. The van der Waals surface area contributed by atoms with Gasteiger partial charge in [-0.25, -0.2) is 0 Å². The lowest BCUT2D eigenvalue weighted by molar-refractivity contribution is 0.102. The summed E-state index contributed by atoms with van der Waals surface area (Å²) < 4.78 is 5.81. The van der Waals surface area contributed by atoms with E-state index in [0.29, 0.717) is 27.2 Å². The van der Waals surface area contributed by atoms with Crippen LogP contribution in [0.25, 0.3) is 0 Å². The Kier molecular flexibility index (Phi) is 4.80. The van der Waals surface area contributed by atoms with Crippen LogP contribution in [0, 0.1) is 11.3 Å². The molecule has 21 heavy (non-hydrogen) atoms. The number of rotatable bonds is 4. The van der Waals surface area contributed by atoms with Crippen molar-refractivity contribution in [2.75, 3.05) is 17.7 Å². The number of ether oxygens (including phenoxy) is 1. The third-order valence-electron chi connectivity index (χ3n) is 2.68. The minimum absolute atomic E-state index is 0.00876. The van der Waals surface area contributed by atoms with Crippen molar-refractivity contribution in [2.45, 2.75) is 0 Å². The fourth-order valence-electron chi connectivity index (χ4n) is 1.62. The van der Waals surface area contributed by atoms with Gasteiger partial charge in [-0.1, -0.05) is 0 Å². The van der Waals surface area contributed by atoms with E-state index in [4.69, 9.17) is 15.7 Å². The van der Waals surface area contributed by atoms with E-state index < -0.39 is 0 Å². The molecule has 106 valence electrons. The lowest BCUT2D eigenvalue weighted by Gasteiger charge is -2.07. The SMILES string of the molecule is N#CCOc1ccc(NC(=O)c2ccc(N)c(Br)c2)cc1. The predicted molar refractivity (Wildman–Crippen MR) is 84.1 cm³/mol. The van der Waals surface area contributed by atoms with Crippen molar-refractivity contribution in [3.63, 3.8) is 0 Å². The summed E-state index contributed by atoms with van der Waals surface area (Å²) >= 11 is 3.29. The topological polar surface area (TPSA) is 88.1 Å². The quantitative estimate of drug-likeness (QED) is 0.833. The molecule has 0 aliphatic rings. The number of benzene rings is 2. The van der Waals surface area contributed by atoms with E-state index in [1.807, 2.05) is 6.07 Å². The Labute approximate surface area is 130 Å². The zero-order chi connectivity index (χ0) is 15.2. The first-order valence-electron chi connectivity index (χ1n) is 6.06. The van der Waals surface area contributed by atoms with E-state index in [-0.39, 0.29) is 12.5 Å². The van der Waals surface area contributed by atoms with Gasteiger partial charge >= 0.3 is 0 Å². The molecule has 0 unspecified atom stereocenters. The van der Waals surface area contributed by atoms with Crippen LogP contribution >= 0.6 is 15.9 Å². The van der Waals surface area contributed by atoms with Crippen LogP contribution in [0.1, 0.15) is 10.4 Å².